The number of thioether (sulfide) groups is 1. The molecule has 0 radical (unpaired) electrons. The van der Waals surface area contributed by atoms with Gasteiger partial charge in [0.2, 0.25) is 0 Å². The third kappa shape index (κ3) is 2.93. The lowest BCUT2D eigenvalue weighted by Crippen LogP contribution is -2.36. The first-order valence-electron chi connectivity index (χ1n) is 6.53. The molecule has 0 aliphatic carbocycles. The van der Waals surface area contributed by atoms with Crippen molar-refractivity contribution in [3.63, 3.8) is 0 Å². The highest BCUT2D eigenvalue weighted by molar-refractivity contribution is 7.98. The van der Waals surface area contributed by atoms with Crippen molar-refractivity contribution < 1.29 is 4.57 Å². The number of hydrogen-bond acceptors (Lipinski definition) is 4. The minimum absolute atomic E-state index is 0.954. The Kier molecular flexibility index (Phi) is 4.28. The third-order valence-corrected chi connectivity index (χ3v) is 4.07. The van der Waals surface area contributed by atoms with Crippen LogP contribution in [0, 0.1) is 6.92 Å². The molecule has 20 heavy (non-hydrogen) atoms. The third-order valence-electron chi connectivity index (χ3n) is 3.34. The lowest BCUT2D eigenvalue weighted by molar-refractivity contribution is -0.715. The Morgan fingerprint density at radius 3 is 2.65 bits per heavy atom. The number of aliphatic imine (C=N–C) groups is 1. The summed E-state index contributed by atoms with van der Waals surface area (Å²) in [6.07, 6.45) is 6.23. The molecular formula is C15H21N4S+. The average molecular weight is 289 g/mol. The van der Waals surface area contributed by atoms with Crippen molar-refractivity contribution in [2.24, 2.45) is 12.0 Å². The van der Waals surface area contributed by atoms with E-state index in [1.165, 1.54) is 5.70 Å². The van der Waals surface area contributed by atoms with Crippen molar-refractivity contribution in [1.29, 1.82) is 0 Å². The van der Waals surface area contributed by atoms with Gasteiger partial charge in [-0.2, -0.15) is 0 Å². The first kappa shape index (κ1) is 14.8. The Balaban J connectivity index is 2.51. The van der Waals surface area contributed by atoms with Crippen LogP contribution in [0.25, 0.3) is 6.08 Å². The SMILES string of the molecule is CSc1nc(C)cc(/C=C2\N=C(C)C=C(C)N2C)[n+]1C. The minimum Gasteiger partial charge on any atom is -0.333 e. The van der Waals surface area contributed by atoms with Gasteiger partial charge in [-0.05, 0) is 42.9 Å². The van der Waals surface area contributed by atoms with E-state index in [4.69, 9.17) is 0 Å². The van der Waals surface area contributed by atoms with E-state index in [0.717, 1.165) is 28.1 Å². The average Bonchev–Trinajstić information content (AvgIpc) is 2.39. The Hall–Kier alpha value is -1.62. The van der Waals surface area contributed by atoms with Gasteiger partial charge in [-0.25, -0.2) is 9.56 Å². The first-order chi connectivity index (χ1) is 9.42. The van der Waals surface area contributed by atoms with Crippen LogP contribution in [0.4, 0.5) is 0 Å². The molecule has 5 heteroatoms. The second-order valence-electron chi connectivity index (χ2n) is 4.97. The Morgan fingerprint density at radius 2 is 2.00 bits per heavy atom. The van der Waals surface area contributed by atoms with Gasteiger partial charge in [0.1, 0.15) is 11.5 Å². The van der Waals surface area contributed by atoms with Crippen LogP contribution in [0.1, 0.15) is 25.2 Å². The van der Waals surface area contributed by atoms with Gasteiger partial charge in [-0.15, -0.1) is 0 Å². The Morgan fingerprint density at radius 1 is 1.30 bits per heavy atom. The van der Waals surface area contributed by atoms with E-state index in [2.05, 4.69) is 44.6 Å². The molecule has 106 valence electrons. The van der Waals surface area contributed by atoms with Crippen LogP contribution in [0.3, 0.4) is 0 Å². The summed E-state index contributed by atoms with van der Waals surface area (Å²) in [6, 6.07) is 2.08. The van der Waals surface area contributed by atoms with Gasteiger partial charge < -0.3 is 4.90 Å². The molecule has 4 nitrogen and oxygen atoms in total. The highest BCUT2D eigenvalue weighted by Gasteiger charge is 2.17. The van der Waals surface area contributed by atoms with Crippen LogP contribution < -0.4 is 4.57 Å². The fraction of sp³-hybridized carbons (Fsp3) is 0.400. The number of aromatic nitrogens is 2. The molecule has 1 aromatic rings. The van der Waals surface area contributed by atoms with E-state index in [-0.39, 0.29) is 0 Å². The van der Waals surface area contributed by atoms with Gasteiger partial charge in [0.05, 0.1) is 7.05 Å². The fourth-order valence-corrected chi connectivity index (χ4v) is 2.74. The van der Waals surface area contributed by atoms with Gasteiger partial charge in [-0.3, -0.25) is 0 Å². The van der Waals surface area contributed by atoms with Crippen molar-refractivity contribution in [2.45, 2.75) is 25.9 Å². The van der Waals surface area contributed by atoms with Crippen molar-refractivity contribution in [1.82, 2.24) is 9.88 Å². The van der Waals surface area contributed by atoms with E-state index < -0.39 is 0 Å². The van der Waals surface area contributed by atoms with Crippen LogP contribution in [0.15, 0.2) is 33.8 Å². The van der Waals surface area contributed by atoms with Crippen LogP contribution >= 0.6 is 11.8 Å². The van der Waals surface area contributed by atoms with E-state index in [0.29, 0.717) is 0 Å². The molecule has 0 atom stereocenters. The molecule has 2 heterocycles. The van der Waals surface area contributed by atoms with Gasteiger partial charge in [0.15, 0.2) is 5.69 Å². The molecule has 0 N–H and O–H groups in total. The lowest BCUT2D eigenvalue weighted by Gasteiger charge is -2.24. The van der Waals surface area contributed by atoms with Gasteiger partial charge in [0.25, 0.3) is 0 Å². The van der Waals surface area contributed by atoms with Gasteiger partial charge >= 0.3 is 5.16 Å². The van der Waals surface area contributed by atoms with E-state index in [1.54, 1.807) is 11.8 Å². The quantitative estimate of drug-likeness (QED) is 0.476. The molecule has 0 amide bonds. The van der Waals surface area contributed by atoms with Crippen LogP contribution in [0.5, 0.6) is 0 Å². The summed E-state index contributed by atoms with van der Waals surface area (Å²) in [5.41, 5.74) is 4.35. The standard InChI is InChI=1S/C15H21N4S/c1-10-7-12(3)18(4)14(16-10)9-13-8-11(2)17-15(20-6)19(13)5/h7-9H,1-6H3/q+1. The molecule has 2 rings (SSSR count). The lowest BCUT2D eigenvalue weighted by atomic mass is 10.2. The van der Waals surface area contributed by atoms with E-state index in [1.807, 2.05) is 34.2 Å². The second-order valence-corrected chi connectivity index (χ2v) is 5.74. The monoisotopic (exact) mass is 289 g/mol. The maximum absolute atomic E-state index is 4.62. The summed E-state index contributed by atoms with van der Waals surface area (Å²) in [4.78, 5) is 11.3. The molecule has 0 spiro atoms. The fourth-order valence-electron chi connectivity index (χ4n) is 2.13. The Bertz CT molecular complexity index is 629. The molecule has 0 fully saturated rings. The molecule has 0 bridgehead atoms. The molecule has 0 saturated heterocycles. The predicted molar refractivity (Wildman–Crippen MR) is 84.5 cm³/mol. The van der Waals surface area contributed by atoms with Crippen LogP contribution in [0.2, 0.25) is 0 Å². The maximum atomic E-state index is 4.62. The molecule has 0 aromatic carbocycles. The topological polar surface area (TPSA) is 32.4 Å². The molecule has 0 unspecified atom stereocenters. The molecule has 1 aliphatic rings. The Labute approximate surface area is 124 Å². The molecule has 0 saturated carbocycles. The zero-order chi connectivity index (χ0) is 14.9. The van der Waals surface area contributed by atoms with Gasteiger partial charge in [0, 0.05) is 37.5 Å². The van der Waals surface area contributed by atoms with Crippen molar-refractivity contribution >= 4 is 23.5 Å². The number of aryl methyl sites for hydroxylation is 1. The zero-order valence-electron chi connectivity index (χ0n) is 12.9. The summed E-state index contributed by atoms with van der Waals surface area (Å²) in [6.45, 7) is 6.14. The summed E-state index contributed by atoms with van der Waals surface area (Å²) < 4.78 is 2.09. The largest absolute Gasteiger partial charge is 0.359 e. The summed E-state index contributed by atoms with van der Waals surface area (Å²) >= 11 is 1.65. The number of nitrogens with zero attached hydrogens (tertiary/aromatic N) is 4. The zero-order valence-corrected chi connectivity index (χ0v) is 13.7. The summed E-state index contributed by atoms with van der Waals surface area (Å²) in [5, 5.41) is 1.00. The second kappa shape index (κ2) is 5.79. The molecular weight excluding hydrogens is 268 g/mol. The maximum Gasteiger partial charge on any atom is 0.359 e. The van der Waals surface area contributed by atoms with Crippen LogP contribution in [-0.4, -0.2) is 28.9 Å². The number of hydrogen-bond donors (Lipinski definition) is 0. The predicted octanol–water partition coefficient (Wildman–Crippen LogP) is 2.54. The van der Waals surface area contributed by atoms with Crippen molar-refractivity contribution in [2.75, 3.05) is 13.3 Å². The first-order valence-corrected chi connectivity index (χ1v) is 7.75. The van der Waals surface area contributed by atoms with E-state index in [9.17, 15) is 0 Å². The number of rotatable bonds is 2. The highest BCUT2D eigenvalue weighted by atomic mass is 32.2. The normalized spacial score (nSPS) is 17.3. The highest BCUT2D eigenvalue weighted by Crippen LogP contribution is 2.19. The summed E-state index contributed by atoms with van der Waals surface area (Å²) in [5.74, 6) is 0.954. The summed E-state index contributed by atoms with van der Waals surface area (Å²) in [7, 11) is 4.07. The van der Waals surface area contributed by atoms with Gasteiger partial charge in [-0.1, -0.05) is 0 Å². The van der Waals surface area contributed by atoms with Crippen LogP contribution in [-0.2, 0) is 7.05 Å². The molecule has 1 aromatic heterocycles. The van der Waals surface area contributed by atoms with Crippen molar-refractivity contribution in [3.8, 4) is 0 Å². The minimum atomic E-state index is 0.954. The smallest absolute Gasteiger partial charge is 0.333 e. The van der Waals surface area contributed by atoms with Crippen molar-refractivity contribution in [3.05, 3.63) is 35.0 Å². The van der Waals surface area contributed by atoms with E-state index >= 15 is 0 Å². The number of allylic oxidation sites excluding steroid dienone is 2. The molecule has 1 aliphatic heterocycles.